The number of H-pyrrole nitrogens is 1. The van der Waals surface area contributed by atoms with Crippen molar-refractivity contribution in [2.45, 2.75) is 33.6 Å². The largest absolute Gasteiger partial charge is 0.508 e. The molecule has 0 fully saturated rings. The Kier molecular flexibility index (Phi) is 4.57. The van der Waals surface area contributed by atoms with Crippen molar-refractivity contribution >= 4 is 11.6 Å². The van der Waals surface area contributed by atoms with Crippen LogP contribution in [0.3, 0.4) is 0 Å². The third kappa shape index (κ3) is 3.21. The van der Waals surface area contributed by atoms with E-state index in [1.165, 1.54) is 0 Å². The molecule has 0 saturated carbocycles. The Morgan fingerprint density at radius 2 is 2.14 bits per heavy atom. The number of aromatic nitrogens is 3. The van der Waals surface area contributed by atoms with Gasteiger partial charge in [0.15, 0.2) is 0 Å². The zero-order valence-corrected chi connectivity index (χ0v) is 12.6. The molecule has 6 heteroatoms. The topological polar surface area (TPSA) is 82.1 Å². The van der Waals surface area contributed by atoms with Crippen LogP contribution < -0.4 is 4.90 Å². The molecule has 0 bridgehead atoms. The highest BCUT2D eigenvalue weighted by Crippen LogP contribution is 2.25. The molecule has 6 nitrogen and oxygen atoms in total. The van der Waals surface area contributed by atoms with Gasteiger partial charge in [-0.3, -0.25) is 9.89 Å². The Bertz CT molecular complexity index is 636. The van der Waals surface area contributed by atoms with E-state index in [1.807, 2.05) is 20.8 Å². The molecule has 0 aliphatic heterocycles. The molecule has 1 aromatic heterocycles. The number of carbonyl (C=O) groups excluding carboxylic acids is 1. The second-order valence-electron chi connectivity index (χ2n) is 4.88. The summed E-state index contributed by atoms with van der Waals surface area (Å²) in [6.45, 7) is 6.28. The summed E-state index contributed by atoms with van der Waals surface area (Å²) in [6, 6.07) is 4.96. The first-order valence-corrected chi connectivity index (χ1v) is 7.09. The van der Waals surface area contributed by atoms with Gasteiger partial charge < -0.3 is 10.0 Å². The van der Waals surface area contributed by atoms with Crippen LogP contribution in [0.2, 0.25) is 0 Å². The number of rotatable bonds is 5. The third-order valence-electron chi connectivity index (χ3n) is 3.25. The van der Waals surface area contributed by atoms with Crippen molar-refractivity contribution in [2.24, 2.45) is 0 Å². The maximum absolute atomic E-state index is 12.6. The summed E-state index contributed by atoms with van der Waals surface area (Å²) in [6.07, 6.45) is 1.70. The number of hydrogen-bond acceptors (Lipinski definition) is 4. The number of benzene rings is 1. The highest BCUT2D eigenvalue weighted by atomic mass is 16.3. The molecule has 21 heavy (non-hydrogen) atoms. The molecular formula is C15H20N4O2. The van der Waals surface area contributed by atoms with E-state index in [0.29, 0.717) is 18.1 Å². The maximum Gasteiger partial charge on any atom is 0.297 e. The van der Waals surface area contributed by atoms with E-state index in [4.69, 9.17) is 0 Å². The minimum Gasteiger partial charge on any atom is -0.508 e. The SMILES string of the molecule is CCCc1nc(C(=O)N(CC)c2cc(O)ccc2C)n[nH]1. The van der Waals surface area contributed by atoms with E-state index in [9.17, 15) is 9.90 Å². The highest BCUT2D eigenvalue weighted by Gasteiger charge is 2.22. The van der Waals surface area contributed by atoms with Crippen LogP contribution in [0.15, 0.2) is 18.2 Å². The molecule has 2 N–H and O–H groups in total. The number of anilines is 1. The summed E-state index contributed by atoms with van der Waals surface area (Å²) in [5.74, 6) is 0.723. The van der Waals surface area contributed by atoms with Crippen LogP contribution in [0.5, 0.6) is 5.75 Å². The monoisotopic (exact) mass is 288 g/mol. The average molecular weight is 288 g/mol. The molecule has 0 saturated heterocycles. The van der Waals surface area contributed by atoms with Crippen molar-refractivity contribution in [3.8, 4) is 5.75 Å². The Morgan fingerprint density at radius 3 is 2.81 bits per heavy atom. The van der Waals surface area contributed by atoms with E-state index in [2.05, 4.69) is 15.2 Å². The van der Waals surface area contributed by atoms with Gasteiger partial charge in [-0.05, 0) is 31.9 Å². The number of carbonyl (C=O) groups is 1. The summed E-state index contributed by atoms with van der Waals surface area (Å²) < 4.78 is 0. The summed E-state index contributed by atoms with van der Waals surface area (Å²) in [5, 5.41) is 16.4. The Morgan fingerprint density at radius 1 is 1.38 bits per heavy atom. The Hall–Kier alpha value is -2.37. The summed E-state index contributed by atoms with van der Waals surface area (Å²) in [4.78, 5) is 18.3. The van der Waals surface area contributed by atoms with Crippen LogP contribution in [0.1, 0.15) is 42.3 Å². The van der Waals surface area contributed by atoms with Crippen molar-refractivity contribution in [3.63, 3.8) is 0 Å². The van der Waals surface area contributed by atoms with Gasteiger partial charge >= 0.3 is 0 Å². The van der Waals surface area contributed by atoms with Gasteiger partial charge in [0.05, 0.1) is 5.69 Å². The van der Waals surface area contributed by atoms with Crippen LogP contribution in [-0.4, -0.2) is 32.7 Å². The predicted molar refractivity (Wildman–Crippen MR) is 80.6 cm³/mol. The van der Waals surface area contributed by atoms with Crippen molar-refractivity contribution in [1.82, 2.24) is 15.2 Å². The van der Waals surface area contributed by atoms with Crippen molar-refractivity contribution in [3.05, 3.63) is 35.4 Å². The van der Waals surface area contributed by atoms with Crippen molar-refractivity contribution in [1.29, 1.82) is 0 Å². The fraction of sp³-hybridized carbons (Fsp3) is 0.400. The first-order chi connectivity index (χ1) is 10.1. The average Bonchev–Trinajstić information content (AvgIpc) is 2.92. The molecule has 0 unspecified atom stereocenters. The Balaban J connectivity index is 2.31. The molecule has 2 aromatic rings. The second-order valence-corrected chi connectivity index (χ2v) is 4.88. The summed E-state index contributed by atoms with van der Waals surface area (Å²) in [5.41, 5.74) is 1.58. The quantitative estimate of drug-likeness (QED) is 0.885. The standard InChI is InChI=1S/C15H20N4O2/c1-4-6-13-16-14(18-17-13)15(21)19(5-2)12-9-11(20)8-7-10(12)3/h7-9,20H,4-6H2,1-3H3,(H,16,17,18). The highest BCUT2D eigenvalue weighted by molar-refractivity contribution is 6.04. The fourth-order valence-corrected chi connectivity index (χ4v) is 2.17. The number of aromatic hydroxyl groups is 1. The number of phenolic OH excluding ortho intramolecular Hbond substituents is 1. The van der Waals surface area contributed by atoms with Gasteiger partial charge in [-0.1, -0.05) is 13.0 Å². The minimum atomic E-state index is -0.273. The second kappa shape index (κ2) is 6.39. The van der Waals surface area contributed by atoms with Gasteiger partial charge in [-0.2, -0.15) is 0 Å². The Labute approximate surface area is 123 Å². The van der Waals surface area contributed by atoms with Gasteiger partial charge in [0.1, 0.15) is 11.6 Å². The summed E-state index contributed by atoms with van der Waals surface area (Å²) in [7, 11) is 0. The number of nitrogens with one attached hydrogen (secondary N) is 1. The zero-order chi connectivity index (χ0) is 15.4. The molecule has 1 heterocycles. The first kappa shape index (κ1) is 15.0. The molecular weight excluding hydrogens is 268 g/mol. The maximum atomic E-state index is 12.6. The molecule has 0 spiro atoms. The van der Waals surface area contributed by atoms with Gasteiger partial charge in [0, 0.05) is 19.0 Å². The van der Waals surface area contributed by atoms with E-state index in [1.54, 1.807) is 23.1 Å². The zero-order valence-electron chi connectivity index (χ0n) is 12.6. The minimum absolute atomic E-state index is 0.128. The molecule has 1 amide bonds. The number of nitrogens with zero attached hydrogens (tertiary/aromatic N) is 3. The van der Waals surface area contributed by atoms with Crippen molar-refractivity contribution in [2.75, 3.05) is 11.4 Å². The number of aromatic amines is 1. The molecule has 0 aliphatic rings. The molecule has 112 valence electrons. The molecule has 0 atom stereocenters. The van der Waals surface area contributed by atoms with Crippen molar-refractivity contribution < 1.29 is 9.90 Å². The lowest BCUT2D eigenvalue weighted by atomic mass is 10.1. The number of amides is 1. The van der Waals surface area contributed by atoms with Gasteiger partial charge in [-0.25, -0.2) is 4.98 Å². The molecule has 2 rings (SSSR count). The van der Waals surface area contributed by atoms with Crippen LogP contribution in [-0.2, 0) is 6.42 Å². The van der Waals surface area contributed by atoms with Gasteiger partial charge in [-0.15, -0.1) is 5.10 Å². The van der Waals surface area contributed by atoms with E-state index >= 15 is 0 Å². The van der Waals surface area contributed by atoms with Crippen LogP contribution in [0, 0.1) is 6.92 Å². The number of aryl methyl sites for hydroxylation is 2. The lowest BCUT2D eigenvalue weighted by Gasteiger charge is -2.21. The normalized spacial score (nSPS) is 10.6. The van der Waals surface area contributed by atoms with E-state index < -0.39 is 0 Å². The molecule has 1 aromatic carbocycles. The lowest BCUT2D eigenvalue weighted by Crippen LogP contribution is -2.32. The third-order valence-corrected chi connectivity index (χ3v) is 3.25. The number of phenols is 1. The molecule has 0 aliphatic carbocycles. The molecule has 0 radical (unpaired) electrons. The fourth-order valence-electron chi connectivity index (χ4n) is 2.17. The van der Waals surface area contributed by atoms with Gasteiger partial charge in [0.2, 0.25) is 5.82 Å². The van der Waals surface area contributed by atoms with Gasteiger partial charge in [0.25, 0.3) is 5.91 Å². The lowest BCUT2D eigenvalue weighted by molar-refractivity contribution is 0.0978. The number of hydrogen-bond donors (Lipinski definition) is 2. The predicted octanol–water partition coefficient (Wildman–Crippen LogP) is 2.44. The van der Waals surface area contributed by atoms with E-state index in [0.717, 1.165) is 18.4 Å². The smallest absolute Gasteiger partial charge is 0.297 e. The van der Waals surface area contributed by atoms with E-state index in [-0.39, 0.29) is 17.5 Å². The van der Waals surface area contributed by atoms with Crippen LogP contribution >= 0.6 is 0 Å². The first-order valence-electron chi connectivity index (χ1n) is 7.09. The summed E-state index contributed by atoms with van der Waals surface area (Å²) >= 11 is 0. The van der Waals surface area contributed by atoms with Crippen LogP contribution in [0.25, 0.3) is 0 Å². The van der Waals surface area contributed by atoms with Crippen LogP contribution in [0.4, 0.5) is 5.69 Å².